The van der Waals surface area contributed by atoms with Crippen molar-refractivity contribution >= 4 is 32.7 Å². The highest BCUT2D eigenvalue weighted by molar-refractivity contribution is 7.85. The maximum atomic E-state index is 13.4. The monoisotopic (exact) mass is 784 g/mol. The molecule has 4 aromatic carbocycles. The number of carbonyl (C=O) groups is 1. The van der Waals surface area contributed by atoms with Crippen molar-refractivity contribution in [3.8, 4) is 40.1 Å². The molecule has 7 rings (SSSR count). The molecule has 56 heavy (non-hydrogen) atoms. The number of carbonyl (C=O) groups excluding carboxylic acids is 1. The largest absolute Gasteiger partial charge is 0.493 e. The van der Waals surface area contributed by atoms with Crippen LogP contribution in [0.4, 0.5) is 5.69 Å². The van der Waals surface area contributed by atoms with Crippen LogP contribution in [0.5, 0.6) is 23.0 Å². The first-order valence-corrected chi connectivity index (χ1v) is 19.1. The molecule has 0 bridgehead atoms. The third-order valence-corrected chi connectivity index (χ3v) is 8.97. The number of hydrogen-bond acceptors (Lipinski definition) is 13. The van der Waals surface area contributed by atoms with E-state index in [1.165, 1.54) is 35.7 Å². The van der Waals surface area contributed by atoms with E-state index >= 15 is 0 Å². The molecule has 0 radical (unpaired) electrons. The fourth-order valence-electron chi connectivity index (χ4n) is 6.21. The van der Waals surface area contributed by atoms with E-state index < -0.39 is 16.0 Å². The van der Waals surface area contributed by atoms with Gasteiger partial charge in [-0.05, 0) is 77.2 Å². The third-order valence-electron chi connectivity index (χ3n) is 8.97. The fraction of sp³-hybridized carbons (Fsp3) is 0.256. The molecule has 0 saturated carbocycles. The van der Waals surface area contributed by atoms with Gasteiger partial charge in [-0.2, -0.15) is 8.42 Å². The van der Waals surface area contributed by atoms with E-state index in [2.05, 4.69) is 49.9 Å². The lowest BCUT2D eigenvalue weighted by molar-refractivity contribution is 0.0997. The molecule has 1 amide bonds. The maximum Gasteiger partial charge on any atom is 0.291 e. The summed E-state index contributed by atoms with van der Waals surface area (Å²) in [7, 11) is 2.66. The van der Waals surface area contributed by atoms with Crippen molar-refractivity contribution in [2.75, 3.05) is 53.1 Å². The number of methoxy groups -OCH3 is 4. The second-order valence-electron chi connectivity index (χ2n) is 12.7. The van der Waals surface area contributed by atoms with E-state index in [1.54, 1.807) is 50.6 Å². The van der Waals surface area contributed by atoms with E-state index in [1.807, 2.05) is 12.1 Å². The minimum absolute atomic E-state index is 0.151. The van der Waals surface area contributed by atoms with Gasteiger partial charge in [0.25, 0.3) is 16.0 Å². The topological polar surface area (TPSA) is 197 Å². The molecule has 0 saturated heterocycles. The van der Waals surface area contributed by atoms with E-state index in [0.29, 0.717) is 40.0 Å². The van der Waals surface area contributed by atoms with Gasteiger partial charge < -0.3 is 28.7 Å². The van der Waals surface area contributed by atoms with Crippen molar-refractivity contribution in [1.82, 2.24) is 25.1 Å². The van der Waals surface area contributed by atoms with Gasteiger partial charge in [0.1, 0.15) is 5.58 Å². The second kappa shape index (κ2) is 17.0. The number of fused-ring (bicyclic) bond motifs is 2. The number of benzene rings is 4. The smallest absolute Gasteiger partial charge is 0.291 e. The van der Waals surface area contributed by atoms with Crippen molar-refractivity contribution in [3.05, 3.63) is 112 Å². The molecule has 2 N–H and O–H groups in total. The molecule has 0 unspecified atom stereocenters. The molecule has 3 heterocycles. The summed E-state index contributed by atoms with van der Waals surface area (Å²) in [5.41, 5.74) is 5.17. The average Bonchev–Trinajstić information content (AvgIpc) is 3.69. The highest BCUT2D eigenvalue weighted by Crippen LogP contribution is 2.38. The van der Waals surface area contributed by atoms with Gasteiger partial charge in [-0.1, -0.05) is 24.3 Å². The molecule has 0 fully saturated rings. The summed E-state index contributed by atoms with van der Waals surface area (Å²) in [6.45, 7) is 2.74. The Kier molecular flexibility index (Phi) is 12.0. The molecule has 16 nitrogen and oxygen atoms in total. The van der Waals surface area contributed by atoms with Crippen LogP contribution in [0.25, 0.3) is 28.0 Å². The Bertz CT molecular complexity index is 2530. The van der Waals surface area contributed by atoms with Crippen LogP contribution < -0.4 is 29.7 Å². The van der Waals surface area contributed by atoms with E-state index in [-0.39, 0.29) is 17.0 Å². The maximum absolute atomic E-state index is 13.4. The molecule has 292 valence electrons. The van der Waals surface area contributed by atoms with E-state index in [0.717, 1.165) is 55.7 Å². The molecule has 17 heteroatoms. The SMILES string of the molecule is COc1cc2c(cc1OC)CN(CCc1ccc(-n3nnc(-c4cc(OC)c(OC)cc4NC(=O)c4cc(=O)c5ccccc5o4)n3)cc1)CC2.CS(=O)(=O)O. The fourth-order valence-corrected chi connectivity index (χ4v) is 6.21. The summed E-state index contributed by atoms with van der Waals surface area (Å²) in [5.74, 6) is 1.73. The first kappa shape index (κ1) is 39.4. The number of aromatic nitrogens is 4. The van der Waals surface area contributed by atoms with Crippen molar-refractivity contribution in [1.29, 1.82) is 0 Å². The van der Waals surface area contributed by atoms with Crippen molar-refractivity contribution in [3.63, 3.8) is 0 Å². The molecule has 1 aliphatic rings. The van der Waals surface area contributed by atoms with Crippen LogP contribution in [0.1, 0.15) is 27.2 Å². The number of nitrogens with zero attached hydrogens (tertiary/aromatic N) is 5. The Morgan fingerprint density at radius 1 is 0.875 bits per heavy atom. The number of ether oxygens (including phenoxy) is 4. The Balaban J connectivity index is 0.00000100. The van der Waals surface area contributed by atoms with Crippen LogP contribution in [0, 0.1) is 0 Å². The third kappa shape index (κ3) is 9.31. The number of amides is 1. The standard InChI is InChI=1S/C38H36N6O7.CH4O3S/c1-47-32-17-24-14-16-43(22-25(24)18-33(32)48-2)15-13-23-9-11-26(12-10-23)44-41-37(40-42-44)28-19-34(49-3)35(50-4)20-29(28)39-38(46)36-21-30(45)27-7-5-6-8-31(27)51-36;1-5(2,3)4/h5-12,17-21H,13-16,22H2,1-4H3,(H,39,46);1H3,(H,2,3,4). The van der Waals surface area contributed by atoms with Gasteiger partial charge in [0.2, 0.25) is 5.82 Å². The molecular weight excluding hydrogens is 745 g/mol. The Morgan fingerprint density at radius 2 is 1.50 bits per heavy atom. The zero-order valence-electron chi connectivity index (χ0n) is 31.3. The Hall–Kier alpha value is -6.30. The zero-order chi connectivity index (χ0) is 40.0. The van der Waals surface area contributed by atoms with Crippen LogP contribution in [-0.4, -0.2) is 91.8 Å². The molecular formula is C39H40N6O10S. The van der Waals surface area contributed by atoms with E-state index in [4.69, 9.17) is 27.9 Å². The summed E-state index contributed by atoms with van der Waals surface area (Å²) < 4.78 is 53.6. The molecule has 6 aromatic rings. The number of rotatable bonds is 11. The van der Waals surface area contributed by atoms with Crippen LogP contribution in [-0.2, 0) is 29.5 Å². The van der Waals surface area contributed by atoms with Crippen LogP contribution in [0.3, 0.4) is 0 Å². The number of anilines is 1. The lowest BCUT2D eigenvalue weighted by Crippen LogP contribution is -2.32. The van der Waals surface area contributed by atoms with Gasteiger partial charge in [-0.3, -0.25) is 19.0 Å². The number of nitrogens with one attached hydrogen (secondary N) is 1. The lowest BCUT2D eigenvalue weighted by Gasteiger charge is -2.29. The van der Waals surface area contributed by atoms with Crippen LogP contribution in [0.2, 0.25) is 0 Å². The number of para-hydroxylation sites is 1. The highest BCUT2D eigenvalue weighted by Gasteiger charge is 2.22. The van der Waals surface area contributed by atoms with Crippen molar-refractivity contribution in [2.24, 2.45) is 0 Å². The van der Waals surface area contributed by atoms with Crippen molar-refractivity contribution in [2.45, 2.75) is 19.4 Å². The quantitative estimate of drug-likeness (QED) is 0.170. The minimum Gasteiger partial charge on any atom is -0.493 e. The summed E-state index contributed by atoms with van der Waals surface area (Å²) >= 11 is 0. The summed E-state index contributed by atoms with van der Waals surface area (Å²) in [6.07, 6.45) is 2.55. The predicted molar refractivity (Wildman–Crippen MR) is 208 cm³/mol. The first-order chi connectivity index (χ1) is 26.9. The zero-order valence-corrected chi connectivity index (χ0v) is 32.1. The Labute approximate surface area is 322 Å². The van der Waals surface area contributed by atoms with Crippen LogP contribution in [0.15, 0.2) is 88.1 Å². The Morgan fingerprint density at radius 3 is 2.18 bits per heavy atom. The normalized spacial score (nSPS) is 12.6. The molecule has 0 aliphatic carbocycles. The summed E-state index contributed by atoms with van der Waals surface area (Å²) in [4.78, 5) is 29.9. The molecule has 0 atom stereocenters. The second-order valence-corrected chi connectivity index (χ2v) is 14.2. The lowest BCUT2D eigenvalue weighted by atomic mass is 9.98. The highest BCUT2D eigenvalue weighted by atomic mass is 32.2. The van der Waals surface area contributed by atoms with E-state index in [9.17, 15) is 18.0 Å². The van der Waals surface area contributed by atoms with Crippen molar-refractivity contribution < 1.29 is 41.1 Å². The number of tetrazole rings is 1. The van der Waals surface area contributed by atoms with Crippen LogP contribution >= 0.6 is 0 Å². The molecule has 1 aliphatic heterocycles. The van der Waals surface area contributed by atoms with Gasteiger partial charge in [-0.25, -0.2) is 0 Å². The van der Waals surface area contributed by atoms with Gasteiger partial charge in [-0.15, -0.1) is 15.0 Å². The van der Waals surface area contributed by atoms with Gasteiger partial charge >= 0.3 is 0 Å². The van der Waals surface area contributed by atoms with Gasteiger partial charge in [0.05, 0.1) is 57.0 Å². The minimum atomic E-state index is -3.67. The average molecular weight is 785 g/mol. The summed E-state index contributed by atoms with van der Waals surface area (Å²) in [5, 5.41) is 16.4. The van der Waals surface area contributed by atoms with Gasteiger partial charge in [0, 0.05) is 31.8 Å². The number of hydrogen-bond donors (Lipinski definition) is 2. The summed E-state index contributed by atoms with van der Waals surface area (Å²) in [6, 6.07) is 23.3. The molecule has 0 spiro atoms. The first-order valence-electron chi connectivity index (χ1n) is 17.3. The van der Waals surface area contributed by atoms with Gasteiger partial charge in [0.15, 0.2) is 34.2 Å². The predicted octanol–water partition coefficient (Wildman–Crippen LogP) is 4.83. The molecule has 2 aromatic heterocycles.